The molecule has 0 radical (unpaired) electrons. The van der Waals surface area contributed by atoms with Crippen molar-refractivity contribution in [1.82, 2.24) is 0 Å². The molecule has 0 N–H and O–H groups in total. The van der Waals surface area contributed by atoms with Gasteiger partial charge < -0.3 is 37.3 Å². The van der Waals surface area contributed by atoms with Gasteiger partial charge in [-0.2, -0.15) is 0 Å². The van der Waals surface area contributed by atoms with Crippen LogP contribution in [0.5, 0.6) is 46.0 Å². The maximum absolute atomic E-state index is 11.5. The molecule has 6 rings (SSSR count). The van der Waals surface area contributed by atoms with E-state index >= 15 is 0 Å². The number of benzene rings is 6. The van der Waals surface area contributed by atoms with Gasteiger partial charge in [0.25, 0.3) is 0 Å². The summed E-state index contributed by atoms with van der Waals surface area (Å²) < 4.78 is 43.5. The average molecular weight is 1140 g/mol. The van der Waals surface area contributed by atoms with Crippen molar-refractivity contribution in [2.24, 2.45) is 0 Å². The zero-order chi connectivity index (χ0) is 59.4. The van der Waals surface area contributed by atoms with E-state index in [1.54, 1.807) is 45.6 Å². The molecule has 2 atom stereocenters. The molecule has 0 bridgehead atoms. The van der Waals surface area contributed by atoms with Crippen LogP contribution in [0.15, 0.2) is 133 Å². The molecule has 0 saturated carbocycles. The molecule has 0 aliphatic rings. The van der Waals surface area contributed by atoms with Gasteiger partial charge in [0.15, 0.2) is 16.6 Å². The third kappa shape index (κ3) is 24.9. The Balaban J connectivity index is 0.000000297. The minimum atomic E-state index is -1.53. The van der Waals surface area contributed by atoms with E-state index in [1.165, 1.54) is 119 Å². The zero-order valence-electron chi connectivity index (χ0n) is 51.0. The van der Waals surface area contributed by atoms with Gasteiger partial charge in [0.2, 0.25) is 0 Å². The number of esters is 3. The number of rotatable bonds is 28. The molecule has 0 amide bonds. The minimum Gasteiger partial charge on any atom is -0.497 e. The zero-order valence-corrected chi connectivity index (χ0v) is 53.0. The Bertz CT molecular complexity index is 2810. The SMILES string of the molecule is CCCC[Si](C)(C)O[Si](C)(C)CCCCCCCCCCC(c1ccc(OC)c(C)c1)c1ccc(OC(C)=O)c(C)c1.COc1ccc(C(C)c2ccc(OC(C)=O)cc2)cc1.COc1ccc(Oc2ccc(OC(C)=O)cc2)cc1. The average Bonchev–Trinajstić information content (AvgIpc) is 3.50. The van der Waals surface area contributed by atoms with E-state index in [0.29, 0.717) is 34.7 Å². The van der Waals surface area contributed by atoms with E-state index in [9.17, 15) is 14.4 Å². The van der Waals surface area contributed by atoms with Gasteiger partial charge in [0.05, 0.1) is 21.3 Å². The van der Waals surface area contributed by atoms with Crippen molar-refractivity contribution in [2.75, 3.05) is 21.3 Å². The topological polar surface area (TPSA) is 125 Å². The maximum atomic E-state index is 11.5. The second-order valence-corrected chi connectivity index (χ2v) is 30.8. The molecule has 0 fully saturated rings. The van der Waals surface area contributed by atoms with Crippen molar-refractivity contribution in [3.63, 3.8) is 0 Å². The fraction of sp³-hybridized carbons (Fsp3) is 0.426. The van der Waals surface area contributed by atoms with E-state index in [1.807, 2.05) is 73.7 Å². The van der Waals surface area contributed by atoms with Gasteiger partial charge >= 0.3 is 17.9 Å². The standard InChI is InChI=1S/C36H60O4Si2.C17H18O3.C15H14O4/c1-10-11-25-41(6,7)40-42(8,9)26-19-17-15-13-12-14-16-18-20-34(32-21-23-35(38-5)29(2)27-32)33-22-24-36(30(3)28-33)39-31(4)37;1-12(14-4-8-16(19-3)9-5-14)15-6-10-17(11-7-15)20-13(2)18;1-11(16)18-13-7-9-15(10-8-13)19-14-5-3-12(17-2)4-6-14/h21-24,27-28,34H,10-20,25-26H2,1-9H3;4-12H,1-3H3;3-10H,1-2H3. The lowest BCUT2D eigenvalue weighted by Gasteiger charge is -2.34. The highest BCUT2D eigenvalue weighted by molar-refractivity contribution is 6.84. The van der Waals surface area contributed by atoms with Crippen LogP contribution in [-0.4, -0.2) is 55.9 Å². The summed E-state index contributed by atoms with van der Waals surface area (Å²) >= 11 is 0. The van der Waals surface area contributed by atoms with Gasteiger partial charge in [-0.1, -0.05) is 127 Å². The molecule has 0 aliphatic carbocycles. The van der Waals surface area contributed by atoms with Crippen LogP contribution in [0.4, 0.5) is 0 Å². The second-order valence-electron chi connectivity index (χ2n) is 22.0. The fourth-order valence-electron chi connectivity index (χ4n) is 9.81. The first kappa shape index (κ1) is 66.8. The third-order valence-corrected chi connectivity index (χ3v) is 21.6. The number of hydrogen-bond donors (Lipinski definition) is 0. The smallest absolute Gasteiger partial charge is 0.308 e. The van der Waals surface area contributed by atoms with Crippen LogP contribution in [0.2, 0.25) is 38.3 Å². The van der Waals surface area contributed by atoms with Crippen LogP contribution in [-0.2, 0) is 18.5 Å². The molecule has 2 unspecified atom stereocenters. The van der Waals surface area contributed by atoms with Gasteiger partial charge in [0.1, 0.15) is 46.0 Å². The number of hydrogen-bond acceptors (Lipinski definition) is 11. The quantitative estimate of drug-likeness (QED) is 0.0202. The summed E-state index contributed by atoms with van der Waals surface area (Å²) in [7, 11) is 1.98. The highest BCUT2D eigenvalue weighted by Gasteiger charge is 2.32. The van der Waals surface area contributed by atoms with E-state index in [-0.39, 0.29) is 23.8 Å². The molecule has 81 heavy (non-hydrogen) atoms. The number of carbonyl (C=O) groups excluding carboxylic acids is 3. The minimum absolute atomic E-state index is 0.271. The summed E-state index contributed by atoms with van der Waals surface area (Å²) in [5, 5.41) is 0. The van der Waals surface area contributed by atoms with Crippen LogP contribution in [0.25, 0.3) is 0 Å². The molecule has 6 aromatic rings. The van der Waals surface area contributed by atoms with Gasteiger partial charge in [-0.15, -0.1) is 0 Å². The summed E-state index contributed by atoms with van der Waals surface area (Å²) in [6.07, 6.45) is 14.2. The lowest BCUT2D eigenvalue weighted by atomic mass is 9.85. The van der Waals surface area contributed by atoms with Crippen molar-refractivity contribution in [3.05, 3.63) is 167 Å². The molecule has 438 valence electrons. The van der Waals surface area contributed by atoms with Crippen molar-refractivity contribution in [1.29, 1.82) is 0 Å². The van der Waals surface area contributed by atoms with E-state index in [4.69, 9.17) is 37.3 Å². The van der Waals surface area contributed by atoms with Crippen LogP contribution in [0.3, 0.4) is 0 Å². The first-order valence-electron chi connectivity index (χ1n) is 28.8. The molecule has 6 aromatic carbocycles. The number of carbonyl (C=O) groups is 3. The molecule has 0 aromatic heterocycles. The molecule has 13 heteroatoms. The van der Waals surface area contributed by atoms with E-state index in [2.05, 4.69) is 89.4 Å². The van der Waals surface area contributed by atoms with Gasteiger partial charge in [-0.25, -0.2) is 0 Å². The molecule has 0 saturated heterocycles. The molecule has 0 heterocycles. The van der Waals surface area contributed by atoms with Crippen LogP contribution < -0.4 is 33.2 Å². The van der Waals surface area contributed by atoms with Gasteiger partial charge in [0, 0.05) is 32.6 Å². The largest absolute Gasteiger partial charge is 0.497 e. The molecule has 0 aliphatic heterocycles. The summed E-state index contributed by atoms with van der Waals surface area (Å²) in [6, 6.07) is 45.2. The number of ether oxygens (including phenoxy) is 7. The lowest BCUT2D eigenvalue weighted by molar-refractivity contribution is -0.132. The monoisotopic (exact) mass is 1140 g/mol. The number of aryl methyl sites for hydroxylation is 2. The number of methoxy groups -OCH3 is 3. The Hall–Kier alpha value is -6.68. The molecular formula is C68H92O11Si2. The predicted octanol–water partition coefficient (Wildman–Crippen LogP) is 18.3. The Kier molecular flexibility index (Phi) is 28.5. The summed E-state index contributed by atoms with van der Waals surface area (Å²) in [4.78, 5) is 33.1. The predicted molar refractivity (Wildman–Crippen MR) is 333 cm³/mol. The summed E-state index contributed by atoms with van der Waals surface area (Å²) in [6.45, 7) is 22.5. The van der Waals surface area contributed by atoms with Crippen LogP contribution >= 0.6 is 0 Å². The van der Waals surface area contributed by atoms with Crippen molar-refractivity contribution < 1.29 is 51.7 Å². The van der Waals surface area contributed by atoms with Crippen molar-refractivity contribution in [3.8, 4) is 46.0 Å². The van der Waals surface area contributed by atoms with Crippen LogP contribution in [0, 0.1) is 13.8 Å². The molecule has 0 spiro atoms. The first-order chi connectivity index (χ1) is 38.6. The maximum Gasteiger partial charge on any atom is 0.308 e. The second kappa shape index (κ2) is 34.6. The van der Waals surface area contributed by atoms with Gasteiger partial charge in [-0.3, -0.25) is 14.4 Å². The Morgan fingerprint density at radius 3 is 1.19 bits per heavy atom. The normalized spacial score (nSPS) is 11.8. The fourth-order valence-corrected chi connectivity index (χ4v) is 18.9. The van der Waals surface area contributed by atoms with E-state index in [0.717, 1.165) is 34.8 Å². The summed E-state index contributed by atoms with van der Waals surface area (Å²) in [5.74, 6) is 5.29. The first-order valence-corrected chi connectivity index (χ1v) is 35.0. The van der Waals surface area contributed by atoms with Crippen molar-refractivity contribution in [2.45, 2.75) is 169 Å². The Labute approximate surface area is 487 Å². The molecule has 11 nitrogen and oxygen atoms in total. The lowest BCUT2D eigenvalue weighted by Crippen LogP contribution is -2.44. The number of unbranched alkanes of at least 4 members (excludes halogenated alkanes) is 8. The highest BCUT2D eigenvalue weighted by Crippen LogP contribution is 2.36. The Morgan fingerprint density at radius 1 is 0.420 bits per heavy atom. The van der Waals surface area contributed by atoms with Gasteiger partial charge in [-0.05, 0) is 177 Å². The summed E-state index contributed by atoms with van der Waals surface area (Å²) in [5.41, 5.74) is 7.14. The highest BCUT2D eigenvalue weighted by atomic mass is 28.4. The van der Waals surface area contributed by atoms with E-state index < -0.39 is 16.6 Å². The third-order valence-electron chi connectivity index (χ3n) is 14.0. The van der Waals surface area contributed by atoms with Crippen molar-refractivity contribution >= 4 is 34.5 Å². The van der Waals surface area contributed by atoms with Crippen LogP contribution in [0.1, 0.15) is 150 Å². The molecular weight excluding hydrogens is 1050 g/mol. The Morgan fingerprint density at radius 2 is 0.778 bits per heavy atom.